The van der Waals surface area contributed by atoms with Crippen molar-refractivity contribution in [2.24, 2.45) is 0 Å². The van der Waals surface area contributed by atoms with Gasteiger partial charge in [0.15, 0.2) is 0 Å². The third-order valence-corrected chi connectivity index (χ3v) is 3.82. The number of likely N-dealkylation sites (N-methyl/N-ethyl adjacent to an activating group) is 1. The van der Waals surface area contributed by atoms with Gasteiger partial charge in [-0.3, -0.25) is 0 Å². The summed E-state index contributed by atoms with van der Waals surface area (Å²) < 4.78 is 0. The van der Waals surface area contributed by atoms with Crippen LogP contribution in [0.3, 0.4) is 0 Å². The standard InChI is InChI=1S/C12H18ClNOS/c1-2-14-10(9-15)7-8-16-12-6-4-3-5-11(12)13/h3-6,10,14-15H,2,7-9H2,1H3. The largest absolute Gasteiger partial charge is 0.395 e. The van der Waals surface area contributed by atoms with Crippen LogP contribution in [-0.4, -0.2) is 30.1 Å². The Bertz CT molecular complexity index is 309. The summed E-state index contributed by atoms with van der Waals surface area (Å²) in [6, 6.07) is 8.04. The molecule has 0 saturated carbocycles. The van der Waals surface area contributed by atoms with Crippen LogP contribution in [0, 0.1) is 0 Å². The lowest BCUT2D eigenvalue weighted by molar-refractivity contribution is 0.242. The first-order valence-corrected chi connectivity index (χ1v) is 6.85. The van der Waals surface area contributed by atoms with Crippen molar-refractivity contribution in [1.82, 2.24) is 5.32 Å². The minimum Gasteiger partial charge on any atom is -0.395 e. The molecule has 90 valence electrons. The number of thioether (sulfide) groups is 1. The third kappa shape index (κ3) is 4.74. The number of aliphatic hydroxyl groups is 1. The summed E-state index contributed by atoms with van der Waals surface area (Å²) in [6.07, 6.45) is 0.945. The van der Waals surface area contributed by atoms with Gasteiger partial charge in [0.1, 0.15) is 0 Å². The maximum atomic E-state index is 9.11. The molecule has 0 saturated heterocycles. The van der Waals surface area contributed by atoms with E-state index in [-0.39, 0.29) is 12.6 Å². The fourth-order valence-electron chi connectivity index (χ4n) is 1.42. The van der Waals surface area contributed by atoms with Gasteiger partial charge < -0.3 is 10.4 Å². The van der Waals surface area contributed by atoms with Crippen LogP contribution in [0.1, 0.15) is 13.3 Å². The van der Waals surface area contributed by atoms with E-state index >= 15 is 0 Å². The van der Waals surface area contributed by atoms with Crippen molar-refractivity contribution >= 4 is 23.4 Å². The van der Waals surface area contributed by atoms with Crippen molar-refractivity contribution in [3.8, 4) is 0 Å². The van der Waals surface area contributed by atoms with Gasteiger partial charge in [-0.15, -0.1) is 11.8 Å². The average Bonchev–Trinajstić information content (AvgIpc) is 2.30. The summed E-state index contributed by atoms with van der Waals surface area (Å²) in [7, 11) is 0. The first kappa shape index (κ1) is 13.8. The minimum absolute atomic E-state index is 0.191. The van der Waals surface area contributed by atoms with Crippen molar-refractivity contribution in [1.29, 1.82) is 0 Å². The van der Waals surface area contributed by atoms with E-state index in [9.17, 15) is 0 Å². The second kappa shape index (κ2) is 7.96. The molecule has 0 aliphatic heterocycles. The Kier molecular flexibility index (Phi) is 6.88. The van der Waals surface area contributed by atoms with Gasteiger partial charge in [-0.1, -0.05) is 30.7 Å². The van der Waals surface area contributed by atoms with Crippen molar-refractivity contribution in [2.45, 2.75) is 24.3 Å². The molecule has 0 aliphatic carbocycles. The molecule has 4 heteroatoms. The second-order valence-corrected chi connectivity index (χ2v) is 5.05. The van der Waals surface area contributed by atoms with E-state index in [1.165, 1.54) is 0 Å². The fraction of sp³-hybridized carbons (Fsp3) is 0.500. The first-order valence-electron chi connectivity index (χ1n) is 5.49. The van der Waals surface area contributed by atoms with Crippen LogP contribution in [0.15, 0.2) is 29.2 Å². The summed E-state index contributed by atoms with van der Waals surface area (Å²) in [5.74, 6) is 0.960. The normalized spacial score (nSPS) is 12.7. The Balaban J connectivity index is 2.32. The Morgan fingerprint density at radius 2 is 2.19 bits per heavy atom. The molecule has 1 unspecified atom stereocenters. The van der Waals surface area contributed by atoms with Crippen LogP contribution in [0.5, 0.6) is 0 Å². The van der Waals surface area contributed by atoms with Crippen LogP contribution < -0.4 is 5.32 Å². The molecule has 16 heavy (non-hydrogen) atoms. The molecule has 0 heterocycles. The van der Waals surface area contributed by atoms with Gasteiger partial charge in [-0.05, 0) is 30.9 Å². The number of halogens is 1. The summed E-state index contributed by atoms with van der Waals surface area (Å²) in [5, 5.41) is 13.2. The Hall–Kier alpha value is -0.220. The lowest BCUT2D eigenvalue weighted by Gasteiger charge is -2.14. The smallest absolute Gasteiger partial charge is 0.0584 e. The van der Waals surface area contributed by atoms with E-state index in [0.29, 0.717) is 0 Å². The maximum absolute atomic E-state index is 9.11. The predicted octanol–water partition coefficient (Wildman–Crippen LogP) is 2.79. The highest BCUT2D eigenvalue weighted by atomic mass is 35.5. The molecular formula is C12H18ClNOS. The van der Waals surface area contributed by atoms with Crippen molar-refractivity contribution in [2.75, 3.05) is 18.9 Å². The number of hydrogen-bond donors (Lipinski definition) is 2. The topological polar surface area (TPSA) is 32.3 Å². The molecular weight excluding hydrogens is 242 g/mol. The lowest BCUT2D eigenvalue weighted by Crippen LogP contribution is -2.32. The molecule has 0 aliphatic rings. The van der Waals surface area contributed by atoms with Crippen LogP contribution >= 0.6 is 23.4 Å². The molecule has 0 aromatic heterocycles. The zero-order chi connectivity index (χ0) is 11.8. The SMILES string of the molecule is CCNC(CO)CCSc1ccccc1Cl. The van der Waals surface area contributed by atoms with E-state index in [2.05, 4.69) is 5.32 Å². The highest BCUT2D eigenvalue weighted by Gasteiger charge is 2.06. The molecule has 0 amide bonds. The summed E-state index contributed by atoms with van der Waals surface area (Å²) in [5.41, 5.74) is 0. The summed E-state index contributed by atoms with van der Waals surface area (Å²) >= 11 is 7.78. The number of rotatable bonds is 7. The Labute approximate surface area is 106 Å². The van der Waals surface area contributed by atoms with Gasteiger partial charge in [0.05, 0.1) is 11.6 Å². The molecule has 1 atom stereocenters. The molecule has 2 N–H and O–H groups in total. The van der Waals surface area contributed by atoms with Crippen LogP contribution in [0.4, 0.5) is 0 Å². The van der Waals surface area contributed by atoms with E-state index in [4.69, 9.17) is 16.7 Å². The molecule has 0 radical (unpaired) electrons. The summed E-state index contributed by atoms with van der Waals surface area (Å²) in [6.45, 7) is 3.13. The number of aliphatic hydroxyl groups excluding tert-OH is 1. The number of hydrogen-bond acceptors (Lipinski definition) is 3. The van der Waals surface area contributed by atoms with Gasteiger partial charge in [-0.25, -0.2) is 0 Å². The van der Waals surface area contributed by atoms with Crippen LogP contribution in [-0.2, 0) is 0 Å². The molecule has 0 bridgehead atoms. The Morgan fingerprint density at radius 3 is 2.81 bits per heavy atom. The lowest BCUT2D eigenvalue weighted by atomic mass is 10.2. The van der Waals surface area contributed by atoms with Crippen LogP contribution in [0.25, 0.3) is 0 Å². The van der Waals surface area contributed by atoms with Crippen molar-refractivity contribution < 1.29 is 5.11 Å². The molecule has 1 aromatic rings. The van der Waals surface area contributed by atoms with Crippen LogP contribution in [0.2, 0.25) is 5.02 Å². The average molecular weight is 260 g/mol. The van der Waals surface area contributed by atoms with Gasteiger partial charge in [-0.2, -0.15) is 0 Å². The zero-order valence-corrected chi connectivity index (χ0v) is 11.0. The Morgan fingerprint density at radius 1 is 1.44 bits per heavy atom. The molecule has 0 spiro atoms. The number of benzene rings is 1. The van der Waals surface area contributed by atoms with E-state index < -0.39 is 0 Å². The number of nitrogens with one attached hydrogen (secondary N) is 1. The zero-order valence-electron chi connectivity index (χ0n) is 9.45. The monoisotopic (exact) mass is 259 g/mol. The van der Waals surface area contributed by atoms with Crippen molar-refractivity contribution in [3.63, 3.8) is 0 Å². The minimum atomic E-state index is 0.191. The third-order valence-electron chi connectivity index (χ3n) is 2.27. The molecule has 2 nitrogen and oxygen atoms in total. The van der Waals surface area contributed by atoms with Gasteiger partial charge in [0.25, 0.3) is 0 Å². The maximum Gasteiger partial charge on any atom is 0.0584 e. The highest BCUT2D eigenvalue weighted by Crippen LogP contribution is 2.27. The summed E-state index contributed by atoms with van der Waals surface area (Å²) in [4.78, 5) is 1.11. The fourth-order valence-corrected chi connectivity index (χ4v) is 2.72. The van der Waals surface area contributed by atoms with E-state index in [1.54, 1.807) is 11.8 Å². The van der Waals surface area contributed by atoms with Gasteiger partial charge >= 0.3 is 0 Å². The van der Waals surface area contributed by atoms with Crippen molar-refractivity contribution in [3.05, 3.63) is 29.3 Å². The molecule has 0 fully saturated rings. The first-order chi connectivity index (χ1) is 7.77. The predicted molar refractivity (Wildman–Crippen MR) is 71.3 cm³/mol. The second-order valence-electron chi connectivity index (χ2n) is 3.50. The van der Waals surface area contributed by atoms with E-state index in [0.717, 1.165) is 28.6 Å². The highest BCUT2D eigenvalue weighted by molar-refractivity contribution is 7.99. The quantitative estimate of drug-likeness (QED) is 0.739. The molecule has 1 rings (SSSR count). The molecule has 1 aromatic carbocycles. The van der Waals surface area contributed by atoms with E-state index in [1.807, 2.05) is 31.2 Å². The van der Waals surface area contributed by atoms with Gasteiger partial charge in [0, 0.05) is 10.9 Å². The van der Waals surface area contributed by atoms with Gasteiger partial charge in [0.2, 0.25) is 0 Å².